The van der Waals surface area contributed by atoms with Crippen molar-refractivity contribution in [2.75, 3.05) is 10.6 Å². The van der Waals surface area contributed by atoms with Crippen LogP contribution in [0.4, 0.5) is 15.8 Å². The van der Waals surface area contributed by atoms with Crippen molar-refractivity contribution in [2.45, 2.75) is 140 Å². The van der Waals surface area contributed by atoms with Crippen molar-refractivity contribution in [1.29, 1.82) is 0 Å². The lowest BCUT2D eigenvalue weighted by Gasteiger charge is -2.36. The van der Waals surface area contributed by atoms with Gasteiger partial charge in [0, 0.05) is 28.3 Å². The maximum absolute atomic E-state index is 15.7. The van der Waals surface area contributed by atoms with Crippen molar-refractivity contribution in [3.8, 4) is 0 Å². The number of hydrazine groups is 1. The molecule has 3 fully saturated rings. The fourth-order valence-electron chi connectivity index (χ4n) is 9.06. The molecule has 240 valence electrons. The highest BCUT2D eigenvalue weighted by Gasteiger charge is 2.51. The van der Waals surface area contributed by atoms with Crippen molar-refractivity contribution in [3.05, 3.63) is 58.9 Å². The second-order valence-electron chi connectivity index (χ2n) is 14.3. The van der Waals surface area contributed by atoms with Gasteiger partial charge in [-0.25, -0.2) is 15.2 Å². The van der Waals surface area contributed by atoms with E-state index in [2.05, 4.69) is 33.6 Å². The van der Waals surface area contributed by atoms with E-state index in [1.54, 1.807) is 6.07 Å². The van der Waals surface area contributed by atoms with Crippen molar-refractivity contribution in [3.63, 3.8) is 0 Å². The number of halogens is 1. The quantitative estimate of drug-likeness (QED) is 0.243. The van der Waals surface area contributed by atoms with Gasteiger partial charge >= 0.3 is 0 Å². The van der Waals surface area contributed by atoms with Gasteiger partial charge in [-0.2, -0.15) is 0 Å². The van der Waals surface area contributed by atoms with Crippen LogP contribution in [0.5, 0.6) is 0 Å². The highest BCUT2D eigenvalue weighted by atomic mass is 19.1. The molecule has 2 saturated carbocycles. The maximum atomic E-state index is 15.7. The van der Waals surface area contributed by atoms with Crippen LogP contribution in [0.3, 0.4) is 0 Å². The van der Waals surface area contributed by atoms with Crippen molar-refractivity contribution >= 4 is 17.3 Å². The summed E-state index contributed by atoms with van der Waals surface area (Å²) in [5, 5.41) is 6.85. The Morgan fingerprint density at radius 1 is 0.864 bits per heavy atom. The summed E-state index contributed by atoms with van der Waals surface area (Å²) in [5.74, 6) is 0.610. The maximum Gasteiger partial charge on any atom is 0.247 e. The first-order valence-corrected chi connectivity index (χ1v) is 17.7. The van der Waals surface area contributed by atoms with Gasteiger partial charge in [-0.15, -0.1) is 0 Å². The van der Waals surface area contributed by atoms with E-state index in [-0.39, 0.29) is 23.9 Å². The van der Waals surface area contributed by atoms with E-state index in [0.29, 0.717) is 11.8 Å². The Balaban J connectivity index is 1.25. The Morgan fingerprint density at radius 2 is 1.50 bits per heavy atom. The van der Waals surface area contributed by atoms with Gasteiger partial charge < -0.3 is 16.4 Å². The number of aryl methyl sites for hydroxylation is 1. The highest BCUT2D eigenvalue weighted by Crippen LogP contribution is 2.51. The summed E-state index contributed by atoms with van der Waals surface area (Å²) in [6.07, 6.45) is 19.8. The molecule has 6 rings (SSSR count). The van der Waals surface area contributed by atoms with Gasteiger partial charge in [0.15, 0.2) is 0 Å². The Bertz CT molecular complexity index is 1260. The number of hydrogen-bond donors (Lipinski definition) is 5. The van der Waals surface area contributed by atoms with Crippen LogP contribution in [0.25, 0.3) is 0 Å². The zero-order valence-electron chi connectivity index (χ0n) is 26.7. The molecule has 4 aliphatic rings. The predicted molar refractivity (Wildman–Crippen MR) is 178 cm³/mol. The zero-order valence-corrected chi connectivity index (χ0v) is 26.7. The number of nitrogens with one attached hydrogen (secondary N) is 4. The van der Waals surface area contributed by atoms with Crippen LogP contribution in [-0.4, -0.2) is 18.1 Å². The number of fused-ring (bicyclic) bond motifs is 2. The van der Waals surface area contributed by atoms with Gasteiger partial charge in [-0.1, -0.05) is 115 Å². The van der Waals surface area contributed by atoms with E-state index in [9.17, 15) is 4.79 Å². The normalized spacial score (nSPS) is 28.3. The Kier molecular flexibility index (Phi) is 10.2. The Morgan fingerprint density at radius 3 is 2.18 bits per heavy atom. The van der Waals surface area contributed by atoms with Crippen LogP contribution >= 0.6 is 0 Å². The van der Waals surface area contributed by atoms with E-state index in [1.165, 1.54) is 70.6 Å². The molecule has 6 nitrogen and oxygen atoms in total. The summed E-state index contributed by atoms with van der Waals surface area (Å²) >= 11 is 0. The molecule has 4 atom stereocenters. The van der Waals surface area contributed by atoms with Crippen LogP contribution < -0.4 is 27.2 Å². The van der Waals surface area contributed by atoms with Crippen LogP contribution in [0.1, 0.15) is 132 Å². The van der Waals surface area contributed by atoms with Gasteiger partial charge in [0.1, 0.15) is 11.9 Å². The molecular weight excluding hydrogens is 549 g/mol. The molecule has 44 heavy (non-hydrogen) atoms. The summed E-state index contributed by atoms with van der Waals surface area (Å²) < 4.78 is 15.7. The van der Waals surface area contributed by atoms with Crippen LogP contribution in [0.15, 0.2) is 36.4 Å². The molecule has 2 aromatic rings. The van der Waals surface area contributed by atoms with E-state index >= 15 is 4.39 Å². The molecule has 1 spiro atoms. The monoisotopic (exact) mass is 603 g/mol. The number of hydrogen-bond acceptors (Lipinski definition) is 5. The lowest BCUT2D eigenvalue weighted by atomic mass is 9.68. The molecule has 4 unspecified atom stereocenters. The zero-order chi connectivity index (χ0) is 30.5. The molecule has 0 radical (unpaired) electrons. The molecule has 2 aromatic carbocycles. The minimum absolute atomic E-state index is 0.0729. The van der Waals surface area contributed by atoms with Crippen molar-refractivity contribution in [2.24, 2.45) is 17.6 Å². The van der Waals surface area contributed by atoms with Gasteiger partial charge in [0.25, 0.3) is 0 Å². The fraction of sp³-hybridized carbons (Fsp3) is 0.649. The SMILES string of the molecule is Cc1ccc(F)c2c1NC(C(=O)Nc1cccc(C3NNC(N)C3C3CCCCCCCC3)c1)C21CCCCCCCCC1. The number of nitrogens with two attached hydrogens (primary N) is 1. The lowest BCUT2D eigenvalue weighted by molar-refractivity contribution is -0.118. The summed E-state index contributed by atoms with van der Waals surface area (Å²) in [6.45, 7) is 2.02. The van der Waals surface area contributed by atoms with Gasteiger partial charge in [-0.05, 0) is 55.0 Å². The van der Waals surface area contributed by atoms with Gasteiger partial charge in [-0.3, -0.25) is 4.79 Å². The Labute approximate surface area is 263 Å². The average Bonchev–Trinajstić information content (AvgIpc) is 3.61. The number of carbonyl (C=O) groups is 1. The first kappa shape index (κ1) is 31.5. The molecule has 6 N–H and O–H groups in total. The molecule has 2 aliphatic carbocycles. The van der Waals surface area contributed by atoms with E-state index in [0.717, 1.165) is 66.6 Å². The summed E-state index contributed by atoms with van der Waals surface area (Å²) in [5.41, 5.74) is 17.5. The number of benzene rings is 2. The first-order valence-electron chi connectivity index (χ1n) is 17.7. The summed E-state index contributed by atoms with van der Waals surface area (Å²) in [6, 6.07) is 11.3. The first-order chi connectivity index (χ1) is 21.5. The highest BCUT2D eigenvalue weighted by molar-refractivity contribution is 6.00. The standard InChI is InChI=1S/C37H54FN5O/c1-25-20-21-29(38)31-32(25)41-34(37(31)22-13-9-5-2-6-10-14-23-37)36(44)40-28-19-15-18-27(24-28)33-30(35(39)43-42-33)26-16-11-7-3-4-8-12-17-26/h15,18-21,24,26,30,33-35,41-43H,2-14,16-17,22-23,39H2,1H3,(H,40,44). The van der Waals surface area contributed by atoms with Crippen molar-refractivity contribution in [1.82, 2.24) is 10.9 Å². The van der Waals surface area contributed by atoms with Crippen LogP contribution in [0.2, 0.25) is 0 Å². The third-order valence-corrected chi connectivity index (χ3v) is 11.4. The number of anilines is 2. The molecule has 2 heterocycles. The second kappa shape index (κ2) is 14.3. The predicted octanol–water partition coefficient (Wildman–Crippen LogP) is 8.13. The second-order valence-corrected chi connectivity index (χ2v) is 14.3. The molecule has 7 heteroatoms. The van der Waals surface area contributed by atoms with Crippen LogP contribution in [-0.2, 0) is 10.2 Å². The number of amides is 1. The molecule has 2 aliphatic heterocycles. The van der Waals surface area contributed by atoms with Crippen molar-refractivity contribution < 1.29 is 9.18 Å². The molecular formula is C37H54FN5O. The fourth-order valence-corrected chi connectivity index (χ4v) is 9.06. The van der Waals surface area contributed by atoms with E-state index in [4.69, 9.17) is 5.73 Å². The topological polar surface area (TPSA) is 91.2 Å². The average molecular weight is 604 g/mol. The molecule has 0 aromatic heterocycles. The van der Waals surface area contributed by atoms with E-state index in [1.807, 2.05) is 25.1 Å². The van der Waals surface area contributed by atoms with Gasteiger partial charge in [0.05, 0.1) is 12.2 Å². The third kappa shape index (κ3) is 6.56. The number of rotatable bonds is 4. The van der Waals surface area contributed by atoms with Crippen LogP contribution in [0, 0.1) is 24.6 Å². The largest absolute Gasteiger partial charge is 0.372 e. The minimum Gasteiger partial charge on any atom is -0.372 e. The van der Waals surface area contributed by atoms with Gasteiger partial charge in [0.2, 0.25) is 5.91 Å². The van der Waals surface area contributed by atoms with E-state index < -0.39 is 11.5 Å². The summed E-state index contributed by atoms with van der Waals surface area (Å²) in [4.78, 5) is 14.3. The smallest absolute Gasteiger partial charge is 0.247 e. The Hall–Kier alpha value is -2.48. The third-order valence-electron chi connectivity index (χ3n) is 11.4. The number of carbonyl (C=O) groups excluding carboxylic acids is 1. The molecule has 1 amide bonds. The molecule has 1 saturated heterocycles. The minimum atomic E-state index is -0.545. The summed E-state index contributed by atoms with van der Waals surface area (Å²) in [7, 11) is 0. The molecule has 0 bridgehead atoms. The lowest BCUT2D eigenvalue weighted by Crippen LogP contribution is -2.47.